The van der Waals surface area contributed by atoms with E-state index in [1.54, 1.807) is 29.7 Å². The van der Waals surface area contributed by atoms with Crippen molar-refractivity contribution < 1.29 is 8.81 Å². The van der Waals surface area contributed by atoms with E-state index in [1.165, 1.54) is 18.0 Å². The minimum absolute atomic E-state index is 0.118. The van der Waals surface area contributed by atoms with Crippen LogP contribution in [0.25, 0.3) is 10.3 Å². The molecule has 1 fully saturated rings. The maximum atomic E-state index is 14.5. The van der Waals surface area contributed by atoms with Gasteiger partial charge in [-0.2, -0.15) is 0 Å². The van der Waals surface area contributed by atoms with E-state index in [1.807, 2.05) is 18.4 Å². The number of fused-ring (bicyclic) bond motifs is 1. The van der Waals surface area contributed by atoms with E-state index in [9.17, 15) is 9.18 Å². The molecular weight excluding hydrogens is 501 g/mol. The molecule has 3 aromatic heterocycles. The second-order valence-corrected chi connectivity index (χ2v) is 10.2. The second kappa shape index (κ2) is 10.4. The first-order valence-electron chi connectivity index (χ1n) is 11.5. The first-order valence-corrected chi connectivity index (χ1v) is 13.5. The summed E-state index contributed by atoms with van der Waals surface area (Å²) in [6, 6.07) is 8.84. The summed E-state index contributed by atoms with van der Waals surface area (Å²) in [6.45, 7) is 5.94. The normalized spacial score (nSPS) is 15.2. The first-order chi connectivity index (χ1) is 17.4. The molecule has 9 nitrogen and oxygen atoms in total. The summed E-state index contributed by atoms with van der Waals surface area (Å²) in [5, 5.41) is 0. The lowest BCUT2D eigenvalue weighted by Gasteiger charge is -2.36. The Morgan fingerprint density at radius 1 is 1.22 bits per heavy atom. The number of thioether (sulfide) groups is 1. The maximum absolute atomic E-state index is 14.5. The Morgan fingerprint density at radius 2 is 2.03 bits per heavy atom. The highest BCUT2D eigenvalue weighted by molar-refractivity contribution is 7.98. The minimum atomic E-state index is -0.187. The highest BCUT2D eigenvalue weighted by Crippen LogP contribution is 2.27. The number of halogens is 1. The van der Waals surface area contributed by atoms with Crippen molar-refractivity contribution in [1.29, 1.82) is 0 Å². The number of aliphatic imine (C=N–C) groups is 1. The topological polar surface area (TPSA) is 106 Å². The molecule has 5 rings (SSSR count). The summed E-state index contributed by atoms with van der Waals surface area (Å²) in [5.41, 5.74) is 7.27. The van der Waals surface area contributed by atoms with Crippen LogP contribution in [0.1, 0.15) is 11.6 Å². The predicted molar refractivity (Wildman–Crippen MR) is 142 cm³/mol. The highest BCUT2D eigenvalue weighted by atomic mass is 32.2. The lowest BCUT2D eigenvalue weighted by atomic mass is 10.2. The molecule has 2 N–H and O–H groups in total. The van der Waals surface area contributed by atoms with Gasteiger partial charge < -0.3 is 15.1 Å². The number of anilines is 1. The van der Waals surface area contributed by atoms with Gasteiger partial charge >= 0.3 is 4.87 Å². The van der Waals surface area contributed by atoms with Crippen molar-refractivity contribution >= 4 is 50.8 Å². The molecule has 188 valence electrons. The van der Waals surface area contributed by atoms with Gasteiger partial charge in [-0.05, 0) is 43.5 Å². The number of aromatic nitrogens is 3. The summed E-state index contributed by atoms with van der Waals surface area (Å²) in [5.74, 6) is 1.29. The smallest absolute Gasteiger partial charge is 0.309 e. The van der Waals surface area contributed by atoms with Crippen LogP contribution in [-0.2, 0) is 6.54 Å². The molecule has 0 atom stereocenters. The molecule has 4 aromatic rings. The zero-order valence-electron chi connectivity index (χ0n) is 20.0. The lowest BCUT2D eigenvalue weighted by Crippen LogP contribution is -2.47. The van der Waals surface area contributed by atoms with Crippen LogP contribution in [0.15, 0.2) is 55.7 Å². The number of hydrogen-bond donors (Lipinski definition) is 1. The summed E-state index contributed by atoms with van der Waals surface area (Å²) >= 11 is 2.59. The van der Waals surface area contributed by atoms with Crippen LogP contribution in [0.3, 0.4) is 0 Å². The Hall–Kier alpha value is -3.22. The molecule has 0 spiro atoms. The van der Waals surface area contributed by atoms with E-state index in [-0.39, 0.29) is 16.5 Å². The summed E-state index contributed by atoms with van der Waals surface area (Å²) in [7, 11) is 0. The van der Waals surface area contributed by atoms with E-state index in [0.29, 0.717) is 46.5 Å². The van der Waals surface area contributed by atoms with Gasteiger partial charge in [0.1, 0.15) is 16.3 Å². The van der Waals surface area contributed by atoms with Gasteiger partial charge in [-0.1, -0.05) is 11.3 Å². The molecule has 0 radical (unpaired) electrons. The third-order valence-corrected chi connectivity index (χ3v) is 7.80. The molecule has 1 aromatic carbocycles. The molecule has 0 aliphatic carbocycles. The van der Waals surface area contributed by atoms with Gasteiger partial charge in [0.2, 0.25) is 0 Å². The molecule has 1 aliphatic rings. The van der Waals surface area contributed by atoms with Crippen LogP contribution >= 0.6 is 23.1 Å². The number of nitrogens with two attached hydrogens (primary N) is 1. The van der Waals surface area contributed by atoms with Crippen molar-refractivity contribution in [3.05, 3.63) is 63.7 Å². The lowest BCUT2D eigenvalue weighted by molar-refractivity contribution is 0.248. The Morgan fingerprint density at radius 3 is 2.72 bits per heavy atom. The van der Waals surface area contributed by atoms with E-state index in [0.717, 1.165) is 42.4 Å². The van der Waals surface area contributed by atoms with Gasteiger partial charge in [0, 0.05) is 44.2 Å². The summed E-state index contributed by atoms with van der Waals surface area (Å²) < 4.78 is 22.1. The van der Waals surface area contributed by atoms with Crippen molar-refractivity contribution in [1.82, 2.24) is 19.4 Å². The number of amidine groups is 1. The maximum Gasteiger partial charge on any atom is 0.309 e. The highest BCUT2D eigenvalue weighted by Gasteiger charge is 2.21. The quantitative estimate of drug-likeness (QED) is 0.221. The van der Waals surface area contributed by atoms with Crippen LogP contribution < -0.4 is 15.5 Å². The summed E-state index contributed by atoms with van der Waals surface area (Å²) in [6.07, 6.45) is 3.46. The molecule has 4 heterocycles. The average molecular weight is 528 g/mol. The molecule has 12 heteroatoms. The molecule has 0 amide bonds. The van der Waals surface area contributed by atoms with Crippen LogP contribution in [0, 0.1) is 12.7 Å². The van der Waals surface area contributed by atoms with E-state index in [2.05, 4.69) is 24.8 Å². The molecular formula is C24H26FN7O2S2. The standard InChI is InChI=1S/C24H26FN7O2S2/c1-15-27-22(29-21(26)19-4-3-13-34-19)20-23(28-15)32(24(33)36-20)12-9-30-7-10-31(11-8-30)18-6-5-16(35-2)14-17(18)25/h3-6,13-14H,7-12H2,1-2H3,(H2,26,27,28,29). The number of piperazine rings is 1. The Labute approximate surface area is 215 Å². The van der Waals surface area contributed by atoms with E-state index in [4.69, 9.17) is 10.2 Å². The molecule has 1 aliphatic heterocycles. The number of rotatable bonds is 7. The number of benzene rings is 1. The largest absolute Gasteiger partial charge is 0.461 e. The number of aryl methyl sites for hydroxylation is 1. The zero-order chi connectivity index (χ0) is 25.2. The van der Waals surface area contributed by atoms with Crippen molar-refractivity contribution in [2.75, 3.05) is 43.9 Å². The van der Waals surface area contributed by atoms with Gasteiger partial charge in [-0.3, -0.25) is 14.3 Å². The SMILES string of the molecule is CSc1ccc(N2CCN(CCn3c(=O)sc4c(/N=C(\N)c5ccco5)nc(C)nc43)CC2)c(F)c1. The van der Waals surface area contributed by atoms with Gasteiger partial charge in [0.25, 0.3) is 0 Å². The van der Waals surface area contributed by atoms with Gasteiger partial charge in [-0.25, -0.2) is 19.4 Å². The predicted octanol–water partition coefficient (Wildman–Crippen LogP) is 3.47. The Kier molecular flexibility index (Phi) is 7.08. The van der Waals surface area contributed by atoms with Gasteiger partial charge in [0.15, 0.2) is 23.1 Å². The number of furan rings is 1. The Bertz CT molecular complexity index is 1460. The molecule has 1 saturated heterocycles. The fraction of sp³-hybridized carbons (Fsp3) is 0.333. The molecule has 0 unspecified atom stereocenters. The van der Waals surface area contributed by atoms with Crippen molar-refractivity contribution in [3.63, 3.8) is 0 Å². The number of thiazole rings is 1. The van der Waals surface area contributed by atoms with Gasteiger partial charge in [-0.15, -0.1) is 11.8 Å². The van der Waals surface area contributed by atoms with Crippen LogP contribution in [0.5, 0.6) is 0 Å². The molecule has 36 heavy (non-hydrogen) atoms. The Balaban J connectivity index is 1.29. The van der Waals surface area contributed by atoms with Crippen molar-refractivity contribution in [3.8, 4) is 0 Å². The number of hydrogen-bond acceptors (Lipinski definition) is 9. The number of nitrogens with zero attached hydrogens (tertiary/aromatic N) is 6. The first kappa shape index (κ1) is 24.5. The monoisotopic (exact) mass is 527 g/mol. The van der Waals surface area contributed by atoms with Crippen molar-refractivity contribution in [2.45, 2.75) is 18.4 Å². The van der Waals surface area contributed by atoms with Crippen LogP contribution in [-0.4, -0.2) is 64.3 Å². The third-order valence-electron chi connectivity index (χ3n) is 6.11. The average Bonchev–Trinajstić information content (AvgIpc) is 3.51. The fourth-order valence-electron chi connectivity index (χ4n) is 4.23. The fourth-order valence-corrected chi connectivity index (χ4v) is 5.55. The second-order valence-electron chi connectivity index (χ2n) is 8.39. The van der Waals surface area contributed by atoms with E-state index < -0.39 is 0 Å². The van der Waals surface area contributed by atoms with Crippen molar-refractivity contribution in [2.24, 2.45) is 10.7 Å². The van der Waals surface area contributed by atoms with Gasteiger partial charge in [0.05, 0.1) is 12.0 Å². The molecule has 0 saturated carbocycles. The minimum Gasteiger partial charge on any atom is -0.461 e. The van der Waals surface area contributed by atoms with E-state index >= 15 is 0 Å². The zero-order valence-corrected chi connectivity index (χ0v) is 21.6. The third kappa shape index (κ3) is 5.01. The molecule has 0 bridgehead atoms. The summed E-state index contributed by atoms with van der Waals surface area (Å²) in [4.78, 5) is 31.4. The van der Waals surface area contributed by atoms with Crippen LogP contribution in [0.4, 0.5) is 15.9 Å². The van der Waals surface area contributed by atoms with Crippen LogP contribution in [0.2, 0.25) is 0 Å².